The van der Waals surface area contributed by atoms with Crippen LogP contribution in [0.2, 0.25) is 0 Å². The molecule has 0 spiro atoms. The van der Waals surface area contributed by atoms with Gasteiger partial charge < -0.3 is 10.4 Å². The molecule has 0 amide bonds. The fraction of sp³-hybridized carbons (Fsp3) is 0.118. The van der Waals surface area contributed by atoms with Gasteiger partial charge >= 0.3 is 0 Å². The average Bonchev–Trinajstić information content (AvgIpc) is 2.54. The highest BCUT2D eigenvalue weighted by Gasteiger charge is 2.08. The van der Waals surface area contributed by atoms with Crippen LogP contribution in [0.5, 0.6) is 0 Å². The third-order valence-corrected chi connectivity index (χ3v) is 4.04. The number of benzene rings is 2. The molecule has 0 aliphatic rings. The molecule has 3 rings (SSSR count). The normalized spacial score (nSPS) is 12.3. The minimum absolute atomic E-state index is 0.300. The molecule has 1 atom stereocenters. The van der Waals surface area contributed by atoms with Crippen LogP contribution in [0.25, 0.3) is 10.9 Å². The second kappa shape index (κ2) is 6.42. The van der Waals surface area contributed by atoms with Crippen molar-refractivity contribution in [3.8, 4) is 0 Å². The third-order valence-electron chi connectivity index (χ3n) is 3.40. The molecule has 1 heterocycles. The van der Waals surface area contributed by atoms with Crippen molar-refractivity contribution < 1.29 is 9.50 Å². The molecule has 2 N–H and O–H groups in total. The Bertz CT molecular complexity index is 792. The fourth-order valence-electron chi connectivity index (χ4n) is 2.21. The maximum atomic E-state index is 12.9. The lowest BCUT2D eigenvalue weighted by molar-refractivity contribution is 0.191. The second-order valence-electron chi connectivity index (χ2n) is 4.96. The van der Waals surface area contributed by atoms with Crippen molar-refractivity contribution in [2.24, 2.45) is 0 Å². The number of aliphatic hydroxyl groups is 1. The molecule has 1 aromatic heterocycles. The minimum atomic E-state index is -0.725. The minimum Gasteiger partial charge on any atom is -0.387 e. The molecule has 112 valence electrons. The molecule has 5 heteroatoms. The molecule has 0 aliphatic heterocycles. The van der Waals surface area contributed by atoms with Crippen LogP contribution in [-0.2, 0) is 0 Å². The molecule has 0 radical (unpaired) electrons. The number of para-hydroxylation sites is 1. The Labute approximate surface area is 135 Å². The van der Waals surface area contributed by atoms with E-state index in [1.807, 2.05) is 30.3 Å². The molecule has 0 fully saturated rings. The van der Waals surface area contributed by atoms with Crippen LogP contribution in [0.3, 0.4) is 0 Å². The van der Waals surface area contributed by atoms with E-state index in [9.17, 15) is 9.50 Å². The van der Waals surface area contributed by atoms with E-state index in [2.05, 4.69) is 26.2 Å². The zero-order valence-corrected chi connectivity index (χ0v) is 13.2. The van der Waals surface area contributed by atoms with Gasteiger partial charge in [0, 0.05) is 16.4 Å². The summed E-state index contributed by atoms with van der Waals surface area (Å²) in [6, 6.07) is 15.5. The van der Waals surface area contributed by atoms with E-state index in [1.165, 1.54) is 12.1 Å². The van der Waals surface area contributed by atoms with Crippen molar-refractivity contribution in [3.05, 3.63) is 70.5 Å². The summed E-state index contributed by atoms with van der Waals surface area (Å²) in [5, 5.41) is 14.3. The van der Waals surface area contributed by atoms with Crippen LogP contribution in [-0.4, -0.2) is 16.6 Å². The predicted octanol–water partition coefficient (Wildman–Crippen LogP) is 4.28. The van der Waals surface area contributed by atoms with Crippen molar-refractivity contribution >= 4 is 32.7 Å². The maximum Gasteiger partial charge on any atom is 0.126 e. The average molecular weight is 361 g/mol. The summed E-state index contributed by atoms with van der Waals surface area (Å²) in [5.41, 5.74) is 1.53. The molecular formula is C17H14BrFN2O. The van der Waals surface area contributed by atoms with Gasteiger partial charge in [0.2, 0.25) is 0 Å². The number of aliphatic hydroxyl groups excluding tert-OH is 1. The lowest BCUT2D eigenvalue weighted by Gasteiger charge is -2.13. The first-order valence-corrected chi connectivity index (χ1v) is 7.65. The second-order valence-corrected chi connectivity index (χ2v) is 5.81. The summed E-state index contributed by atoms with van der Waals surface area (Å²) >= 11 is 3.48. The van der Waals surface area contributed by atoms with Gasteiger partial charge in [-0.1, -0.05) is 24.3 Å². The van der Waals surface area contributed by atoms with Crippen molar-refractivity contribution in [1.82, 2.24) is 4.98 Å². The van der Waals surface area contributed by atoms with Gasteiger partial charge in [-0.15, -0.1) is 0 Å². The van der Waals surface area contributed by atoms with Crippen LogP contribution < -0.4 is 5.32 Å². The maximum absolute atomic E-state index is 12.9. The fourth-order valence-corrected chi connectivity index (χ4v) is 2.68. The van der Waals surface area contributed by atoms with Crippen LogP contribution in [0.15, 0.2) is 59.1 Å². The molecule has 2 aromatic carbocycles. The Morgan fingerprint density at radius 2 is 1.86 bits per heavy atom. The van der Waals surface area contributed by atoms with E-state index in [0.29, 0.717) is 17.9 Å². The molecule has 3 aromatic rings. The zero-order valence-electron chi connectivity index (χ0n) is 11.6. The number of hydrogen-bond donors (Lipinski definition) is 2. The SMILES string of the molecule is OC(CNc1ccc2cccc(Br)c2n1)c1ccc(F)cc1. The molecule has 0 saturated heterocycles. The number of pyridine rings is 1. The highest BCUT2D eigenvalue weighted by Crippen LogP contribution is 2.23. The van der Waals surface area contributed by atoms with Gasteiger partial charge in [0.1, 0.15) is 11.6 Å². The summed E-state index contributed by atoms with van der Waals surface area (Å²) in [6.45, 7) is 0.300. The number of hydrogen-bond acceptors (Lipinski definition) is 3. The van der Waals surface area contributed by atoms with E-state index in [0.717, 1.165) is 15.4 Å². The molecular weight excluding hydrogens is 347 g/mol. The molecule has 0 saturated carbocycles. The molecule has 0 aliphatic carbocycles. The number of rotatable bonds is 4. The van der Waals surface area contributed by atoms with Gasteiger partial charge in [-0.3, -0.25) is 0 Å². The van der Waals surface area contributed by atoms with Crippen molar-refractivity contribution in [1.29, 1.82) is 0 Å². The first kappa shape index (κ1) is 14.9. The van der Waals surface area contributed by atoms with Crippen molar-refractivity contribution in [2.75, 3.05) is 11.9 Å². The predicted molar refractivity (Wildman–Crippen MR) is 89.3 cm³/mol. The highest BCUT2D eigenvalue weighted by molar-refractivity contribution is 9.10. The number of aromatic nitrogens is 1. The van der Waals surface area contributed by atoms with Crippen LogP contribution in [0.1, 0.15) is 11.7 Å². The number of halogens is 2. The van der Waals surface area contributed by atoms with Crippen molar-refractivity contribution in [3.63, 3.8) is 0 Å². The largest absolute Gasteiger partial charge is 0.387 e. The van der Waals surface area contributed by atoms with Gasteiger partial charge in [-0.2, -0.15) is 0 Å². The smallest absolute Gasteiger partial charge is 0.126 e. The van der Waals surface area contributed by atoms with E-state index < -0.39 is 6.10 Å². The third kappa shape index (κ3) is 3.26. The summed E-state index contributed by atoms with van der Waals surface area (Å²) in [6.07, 6.45) is -0.725. The van der Waals surface area contributed by atoms with Crippen LogP contribution in [0.4, 0.5) is 10.2 Å². The number of nitrogens with one attached hydrogen (secondary N) is 1. The number of anilines is 1. The van der Waals surface area contributed by atoms with E-state index in [4.69, 9.17) is 0 Å². The monoisotopic (exact) mass is 360 g/mol. The van der Waals surface area contributed by atoms with Crippen molar-refractivity contribution in [2.45, 2.75) is 6.10 Å². The first-order chi connectivity index (χ1) is 10.6. The van der Waals surface area contributed by atoms with E-state index in [-0.39, 0.29) is 5.82 Å². The highest BCUT2D eigenvalue weighted by atomic mass is 79.9. The topological polar surface area (TPSA) is 45.1 Å². The summed E-state index contributed by atoms with van der Waals surface area (Å²) < 4.78 is 13.8. The molecule has 0 bridgehead atoms. The Morgan fingerprint density at radius 1 is 1.09 bits per heavy atom. The van der Waals surface area contributed by atoms with E-state index >= 15 is 0 Å². The first-order valence-electron chi connectivity index (χ1n) is 6.86. The number of fused-ring (bicyclic) bond motifs is 1. The Morgan fingerprint density at radius 3 is 2.64 bits per heavy atom. The van der Waals surface area contributed by atoms with Gasteiger partial charge in [0.25, 0.3) is 0 Å². The summed E-state index contributed by atoms with van der Waals surface area (Å²) in [4.78, 5) is 4.53. The van der Waals surface area contributed by atoms with Gasteiger partial charge in [-0.25, -0.2) is 9.37 Å². The quantitative estimate of drug-likeness (QED) is 0.729. The van der Waals surface area contributed by atoms with Crippen LogP contribution in [0, 0.1) is 5.82 Å². The van der Waals surface area contributed by atoms with E-state index in [1.54, 1.807) is 12.1 Å². The Kier molecular flexibility index (Phi) is 4.36. The number of nitrogens with zero attached hydrogens (tertiary/aromatic N) is 1. The summed E-state index contributed by atoms with van der Waals surface area (Å²) in [7, 11) is 0. The van der Waals surface area contributed by atoms with Gasteiger partial charge in [0.15, 0.2) is 0 Å². The molecule has 22 heavy (non-hydrogen) atoms. The Hall–Kier alpha value is -1.98. The summed E-state index contributed by atoms with van der Waals surface area (Å²) in [5.74, 6) is 0.366. The van der Waals surface area contributed by atoms with Gasteiger partial charge in [0.05, 0.1) is 11.6 Å². The van der Waals surface area contributed by atoms with Crippen LogP contribution >= 0.6 is 15.9 Å². The standard InChI is InChI=1S/C17H14BrFN2O/c18-14-3-1-2-12-6-9-16(21-17(12)14)20-10-15(22)11-4-7-13(19)8-5-11/h1-9,15,22H,10H2,(H,20,21). The van der Waals surface area contributed by atoms with Gasteiger partial charge in [-0.05, 0) is 51.8 Å². The lowest BCUT2D eigenvalue weighted by Crippen LogP contribution is -2.13. The molecule has 1 unspecified atom stereocenters. The zero-order chi connectivity index (χ0) is 15.5. The lowest BCUT2D eigenvalue weighted by atomic mass is 10.1. The Balaban J connectivity index is 1.73. The molecule has 3 nitrogen and oxygen atoms in total.